The number of alkyl halides is 3. The maximum atomic E-state index is 13.9. The van der Waals surface area contributed by atoms with E-state index < -0.39 is 11.7 Å². The van der Waals surface area contributed by atoms with Gasteiger partial charge in [-0.1, -0.05) is 6.07 Å². The van der Waals surface area contributed by atoms with E-state index in [1.54, 1.807) is 12.4 Å². The number of aromatic nitrogens is 3. The van der Waals surface area contributed by atoms with Gasteiger partial charge in [0.1, 0.15) is 11.8 Å². The molecule has 6 nitrogen and oxygen atoms in total. The van der Waals surface area contributed by atoms with Crippen molar-refractivity contribution in [3.8, 4) is 17.3 Å². The molecule has 0 N–H and O–H groups in total. The standard InChI is InChI=1S/C26H23F3N4O2/c1-14-8-18(22(32-11-14)21-15(2)4-3-7-30-21)24(34)33-13-17-9-25(17)10-19(23(25)33)35-20-6-5-16(12-31-20)26(27,28)29/h3-8,11-12,17,19,23H,9-10,13H2,1-2H3. The Hall–Kier alpha value is -3.49. The number of likely N-dealkylation sites (tertiary alicyclic amines) is 1. The van der Waals surface area contributed by atoms with Gasteiger partial charge in [0.05, 0.1) is 22.9 Å². The molecule has 3 aliphatic rings. The summed E-state index contributed by atoms with van der Waals surface area (Å²) in [5.74, 6) is 0.442. The number of piperidine rings is 1. The maximum absolute atomic E-state index is 13.9. The molecule has 4 unspecified atom stereocenters. The average Bonchev–Trinajstić information content (AvgIpc) is 3.47. The maximum Gasteiger partial charge on any atom is 0.417 e. The van der Waals surface area contributed by atoms with Crippen LogP contribution in [0.3, 0.4) is 0 Å². The quantitative estimate of drug-likeness (QED) is 0.534. The Labute approximate surface area is 200 Å². The van der Waals surface area contributed by atoms with Gasteiger partial charge in [-0.15, -0.1) is 0 Å². The lowest BCUT2D eigenvalue weighted by molar-refractivity contribution is -0.137. The fraction of sp³-hybridized carbons (Fsp3) is 0.385. The van der Waals surface area contributed by atoms with Crippen molar-refractivity contribution in [3.05, 3.63) is 71.2 Å². The lowest BCUT2D eigenvalue weighted by atomic mass is 9.73. The van der Waals surface area contributed by atoms with Crippen molar-refractivity contribution in [2.45, 2.75) is 45.0 Å². The van der Waals surface area contributed by atoms with Crippen molar-refractivity contribution in [2.75, 3.05) is 6.54 Å². The summed E-state index contributed by atoms with van der Waals surface area (Å²) >= 11 is 0. The predicted octanol–water partition coefficient (Wildman–Crippen LogP) is 4.86. The average molecular weight is 480 g/mol. The van der Waals surface area contributed by atoms with Gasteiger partial charge in [-0.3, -0.25) is 14.8 Å². The second-order valence-electron chi connectivity index (χ2n) is 9.86. The number of ether oxygens (including phenoxy) is 1. The summed E-state index contributed by atoms with van der Waals surface area (Å²) in [5, 5.41) is 0. The van der Waals surface area contributed by atoms with E-state index in [-0.39, 0.29) is 29.3 Å². The molecule has 0 radical (unpaired) electrons. The molecule has 35 heavy (non-hydrogen) atoms. The van der Waals surface area contributed by atoms with Crippen LogP contribution in [0.4, 0.5) is 13.2 Å². The third-order valence-electron chi connectivity index (χ3n) is 7.64. The smallest absolute Gasteiger partial charge is 0.417 e. The van der Waals surface area contributed by atoms with Gasteiger partial charge in [0, 0.05) is 36.6 Å². The molecular weight excluding hydrogens is 457 g/mol. The van der Waals surface area contributed by atoms with Crippen molar-refractivity contribution >= 4 is 5.91 Å². The van der Waals surface area contributed by atoms with E-state index in [2.05, 4.69) is 15.0 Å². The van der Waals surface area contributed by atoms with Crippen molar-refractivity contribution < 1.29 is 22.7 Å². The Bertz CT molecular complexity index is 1330. The molecule has 9 heteroatoms. The number of nitrogens with zero attached hydrogens (tertiary/aromatic N) is 4. The molecule has 3 aromatic heterocycles. The zero-order valence-electron chi connectivity index (χ0n) is 19.2. The van der Waals surface area contributed by atoms with Crippen LogP contribution in [0, 0.1) is 25.2 Å². The number of pyridine rings is 3. The minimum atomic E-state index is -4.45. The van der Waals surface area contributed by atoms with E-state index in [9.17, 15) is 18.0 Å². The van der Waals surface area contributed by atoms with Gasteiger partial charge in [-0.25, -0.2) is 4.98 Å². The van der Waals surface area contributed by atoms with Crippen LogP contribution in [0.1, 0.15) is 39.9 Å². The Morgan fingerprint density at radius 3 is 2.63 bits per heavy atom. The van der Waals surface area contributed by atoms with Crippen LogP contribution >= 0.6 is 0 Å². The van der Waals surface area contributed by atoms with Crippen molar-refractivity contribution in [1.29, 1.82) is 0 Å². The zero-order valence-corrected chi connectivity index (χ0v) is 19.2. The van der Waals surface area contributed by atoms with Gasteiger partial charge >= 0.3 is 6.18 Å². The highest BCUT2D eigenvalue weighted by molar-refractivity contribution is 6.00. The van der Waals surface area contributed by atoms with Crippen LogP contribution in [-0.4, -0.2) is 44.4 Å². The molecule has 3 aromatic rings. The Morgan fingerprint density at radius 1 is 1.09 bits per heavy atom. The Balaban J connectivity index is 1.28. The SMILES string of the molecule is Cc1cnc(-c2ncccc2C)c(C(=O)N2CC3CC34CC(Oc3ccc(C(F)(F)F)cn3)C24)c1. The molecule has 1 saturated heterocycles. The minimum absolute atomic E-state index is 0.0462. The summed E-state index contributed by atoms with van der Waals surface area (Å²) in [6.07, 6.45) is 1.25. The Morgan fingerprint density at radius 2 is 1.91 bits per heavy atom. The number of carbonyl (C=O) groups is 1. The van der Waals surface area contributed by atoms with Gasteiger partial charge in [-0.2, -0.15) is 13.2 Å². The van der Waals surface area contributed by atoms with Gasteiger partial charge < -0.3 is 9.64 Å². The molecule has 4 atom stereocenters. The lowest BCUT2D eigenvalue weighted by Crippen LogP contribution is -2.59. The Kier molecular flexibility index (Phi) is 4.72. The molecule has 2 saturated carbocycles. The first-order valence-electron chi connectivity index (χ1n) is 11.6. The summed E-state index contributed by atoms with van der Waals surface area (Å²) in [7, 11) is 0. The molecule has 6 rings (SSSR count). The van der Waals surface area contributed by atoms with E-state index >= 15 is 0 Å². The normalized spacial score (nSPS) is 26.5. The summed E-state index contributed by atoms with van der Waals surface area (Å²) < 4.78 is 44.6. The van der Waals surface area contributed by atoms with Gasteiger partial charge in [0.15, 0.2) is 0 Å². The number of carbonyl (C=O) groups excluding carboxylic acids is 1. The molecule has 1 aliphatic heterocycles. The van der Waals surface area contributed by atoms with Crippen LogP contribution in [0.2, 0.25) is 0 Å². The largest absolute Gasteiger partial charge is 0.472 e. The van der Waals surface area contributed by atoms with E-state index in [1.807, 2.05) is 36.9 Å². The summed E-state index contributed by atoms with van der Waals surface area (Å²) in [6.45, 7) is 4.47. The highest BCUT2D eigenvalue weighted by Gasteiger charge is 2.76. The zero-order chi connectivity index (χ0) is 24.5. The molecule has 2 aliphatic carbocycles. The summed E-state index contributed by atoms with van der Waals surface area (Å²) in [4.78, 5) is 28.6. The van der Waals surface area contributed by atoms with Crippen molar-refractivity contribution in [3.63, 3.8) is 0 Å². The van der Waals surface area contributed by atoms with Crippen molar-refractivity contribution in [2.24, 2.45) is 11.3 Å². The van der Waals surface area contributed by atoms with E-state index in [4.69, 9.17) is 4.74 Å². The second kappa shape index (κ2) is 7.50. The summed E-state index contributed by atoms with van der Waals surface area (Å²) in [6, 6.07) is 7.70. The molecule has 4 heterocycles. The number of rotatable bonds is 4. The molecule has 180 valence electrons. The predicted molar refractivity (Wildman–Crippen MR) is 121 cm³/mol. The van der Waals surface area contributed by atoms with Gasteiger partial charge in [0.25, 0.3) is 5.91 Å². The highest BCUT2D eigenvalue weighted by Crippen LogP contribution is 2.71. The second-order valence-corrected chi connectivity index (χ2v) is 9.86. The monoisotopic (exact) mass is 480 g/mol. The third-order valence-corrected chi connectivity index (χ3v) is 7.64. The van der Waals surface area contributed by atoms with Gasteiger partial charge in [-0.05, 0) is 61.9 Å². The molecule has 0 bridgehead atoms. The lowest BCUT2D eigenvalue weighted by Gasteiger charge is -2.47. The molecule has 1 spiro atoms. The molecule has 1 amide bonds. The fourth-order valence-electron chi connectivity index (χ4n) is 5.83. The highest BCUT2D eigenvalue weighted by atomic mass is 19.4. The molecule has 3 fully saturated rings. The first-order valence-corrected chi connectivity index (χ1v) is 11.6. The van der Waals surface area contributed by atoms with E-state index in [0.29, 0.717) is 29.4 Å². The van der Waals surface area contributed by atoms with E-state index in [1.165, 1.54) is 6.07 Å². The number of hydrogen-bond acceptors (Lipinski definition) is 5. The number of hydrogen-bond donors (Lipinski definition) is 0. The van der Waals surface area contributed by atoms with E-state index in [0.717, 1.165) is 36.2 Å². The number of aryl methyl sites for hydroxylation is 2. The molecular formula is C26H23F3N4O2. The van der Waals surface area contributed by atoms with Crippen LogP contribution in [0.25, 0.3) is 11.4 Å². The fourth-order valence-corrected chi connectivity index (χ4v) is 5.83. The van der Waals surface area contributed by atoms with Gasteiger partial charge in [0.2, 0.25) is 5.88 Å². The van der Waals surface area contributed by atoms with Crippen LogP contribution in [0.15, 0.2) is 48.9 Å². The summed E-state index contributed by atoms with van der Waals surface area (Å²) in [5.41, 5.74) is 2.75. The number of halogens is 3. The van der Waals surface area contributed by atoms with Crippen LogP contribution < -0.4 is 4.74 Å². The third kappa shape index (κ3) is 3.47. The molecule has 0 aromatic carbocycles. The minimum Gasteiger partial charge on any atom is -0.472 e. The van der Waals surface area contributed by atoms with Crippen molar-refractivity contribution in [1.82, 2.24) is 19.9 Å². The van der Waals surface area contributed by atoms with Crippen LogP contribution in [-0.2, 0) is 6.18 Å². The first-order chi connectivity index (χ1) is 16.7. The topological polar surface area (TPSA) is 68.2 Å². The first kappa shape index (κ1) is 22.0. The number of amides is 1. The van der Waals surface area contributed by atoms with Crippen LogP contribution in [0.5, 0.6) is 5.88 Å².